The Morgan fingerprint density at radius 3 is 1.45 bits per heavy atom. The van der Waals surface area contributed by atoms with E-state index in [2.05, 4.69) is 54.7 Å². The summed E-state index contributed by atoms with van der Waals surface area (Å²) in [4.78, 5) is 114. The Labute approximate surface area is 441 Å². The number of likely N-dealkylation sites (N-methyl/N-ethyl adjacent to an activating group) is 2. The first kappa shape index (κ1) is 56.1. The van der Waals surface area contributed by atoms with Crippen molar-refractivity contribution in [2.45, 2.75) is 166 Å². The van der Waals surface area contributed by atoms with Crippen LogP contribution in [0.1, 0.15) is 126 Å². The maximum absolute atomic E-state index is 14.6. The van der Waals surface area contributed by atoms with E-state index in [0.717, 1.165) is 49.7 Å². The van der Waals surface area contributed by atoms with Gasteiger partial charge >= 0.3 is 0 Å². The molecule has 3 aromatic carbocycles. The summed E-state index contributed by atoms with van der Waals surface area (Å²) in [6.45, 7) is 10.7. The summed E-state index contributed by atoms with van der Waals surface area (Å²) in [5, 5.41) is 24.0. The number of carbonyl (C=O) groups excluding carboxylic acids is 8. The van der Waals surface area contributed by atoms with E-state index in [0.29, 0.717) is 11.1 Å². The van der Waals surface area contributed by atoms with Crippen LogP contribution in [0.3, 0.4) is 0 Å². The SMILES string of the molecule is CN[C@@H](C)C(=O)N[C@@H](C)C(=O)N1C[C@@H](NC(=O)Cc2cccc(CC(=O)N[C@H]3C[C@@H](C(=O)N[C@@H]4CCCc5ccccc54)N(C(=O)[C@@H](NC(=O)[C@H](C)NC)C(C)(C)C)C3)c2)C[C@H]1C(=O)N[C@@H]1CCCc2ccccc21. The summed E-state index contributed by atoms with van der Waals surface area (Å²) >= 11 is 0. The van der Waals surface area contributed by atoms with Gasteiger partial charge in [0.05, 0.1) is 37.0 Å². The molecule has 2 aliphatic heterocycles. The predicted octanol–water partition coefficient (Wildman–Crippen LogP) is 2.58. The van der Waals surface area contributed by atoms with Gasteiger partial charge in [-0.3, -0.25) is 38.4 Å². The van der Waals surface area contributed by atoms with Gasteiger partial charge in [-0.25, -0.2) is 0 Å². The molecule has 8 amide bonds. The summed E-state index contributed by atoms with van der Waals surface area (Å²) in [5.74, 6) is -2.87. The fraction of sp³-hybridized carbons (Fsp3) is 0.544. The largest absolute Gasteiger partial charge is 0.351 e. The zero-order valence-electron chi connectivity index (χ0n) is 44.8. The first-order valence-corrected chi connectivity index (χ1v) is 26.7. The van der Waals surface area contributed by atoms with Gasteiger partial charge in [0.1, 0.15) is 24.2 Å². The second-order valence-corrected chi connectivity index (χ2v) is 22.0. The second-order valence-electron chi connectivity index (χ2n) is 22.0. The van der Waals surface area contributed by atoms with Gasteiger partial charge < -0.3 is 52.3 Å². The number of nitrogens with one attached hydrogen (secondary N) is 8. The third kappa shape index (κ3) is 14.0. The predicted molar refractivity (Wildman–Crippen MR) is 285 cm³/mol. The van der Waals surface area contributed by atoms with Crippen LogP contribution < -0.4 is 42.5 Å². The zero-order valence-corrected chi connectivity index (χ0v) is 44.8. The molecule has 404 valence electrons. The lowest BCUT2D eigenvalue weighted by Gasteiger charge is -2.36. The number of aryl methyl sites for hydroxylation is 2. The molecule has 2 aliphatic carbocycles. The van der Waals surface area contributed by atoms with Crippen molar-refractivity contribution in [2.24, 2.45) is 5.41 Å². The van der Waals surface area contributed by atoms with Gasteiger partial charge in [-0.1, -0.05) is 93.6 Å². The van der Waals surface area contributed by atoms with Gasteiger partial charge in [0, 0.05) is 25.2 Å². The van der Waals surface area contributed by atoms with Crippen molar-refractivity contribution in [2.75, 3.05) is 27.2 Å². The van der Waals surface area contributed by atoms with Crippen LogP contribution in [-0.4, -0.2) is 133 Å². The van der Waals surface area contributed by atoms with E-state index >= 15 is 0 Å². The maximum Gasteiger partial charge on any atom is 0.246 e. The van der Waals surface area contributed by atoms with Crippen LogP contribution in [0.25, 0.3) is 0 Å². The fourth-order valence-electron chi connectivity index (χ4n) is 11.0. The van der Waals surface area contributed by atoms with Crippen LogP contribution in [0.5, 0.6) is 0 Å². The molecular weight excluding hydrogens is 953 g/mol. The Morgan fingerprint density at radius 2 is 1.00 bits per heavy atom. The third-order valence-corrected chi connectivity index (χ3v) is 15.4. The third-order valence-electron chi connectivity index (χ3n) is 15.4. The van der Waals surface area contributed by atoms with Crippen molar-refractivity contribution < 1.29 is 38.4 Å². The highest BCUT2D eigenvalue weighted by Crippen LogP contribution is 2.33. The number of hydrogen-bond acceptors (Lipinski definition) is 10. The molecule has 4 aliphatic rings. The van der Waals surface area contributed by atoms with E-state index in [-0.39, 0.29) is 86.3 Å². The molecule has 0 unspecified atom stereocenters. The highest BCUT2D eigenvalue weighted by atomic mass is 16.2. The average Bonchev–Trinajstić information content (AvgIpc) is 4.01. The van der Waals surface area contributed by atoms with E-state index < -0.39 is 65.6 Å². The van der Waals surface area contributed by atoms with Crippen LogP contribution in [0.4, 0.5) is 0 Å². The Hall–Kier alpha value is -6.66. The molecule has 7 rings (SSSR count). The molecule has 18 nitrogen and oxygen atoms in total. The summed E-state index contributed by atoms with van der Waals surface area (Å²) in [7, 11) is 3.31. The molecule has 2 saturated heterocycles. The number of nitrogens with zero attached hydrogens (tertiary/aromatic N) is 2. The molecule has 0 saturated carbocycles. The first-order chi connectivity index (χ1) is 35.7. The number of amides is 8. The Bertz CT molecular complexity index is 2600. The summed E-state index contributed by atoms with van der Waals surface area (Å²) < 4.78 is 0. The molecule has 8 N–H and O–H groups in total. The summed E-state index contributed by atoms with van der Waals surface area (Å²) in [5.41, 5.74) is 5.04. The molecular formula is C57H78N10O8. The lowest BCUT2D eigenvalue weighted by molar-refractivity contribution is -0.144. The monoisotopic (exact) mass is 1030 g/mol. The van der Waals surface area contributed by atoms with Gasteiger partial charge in [-0.15, -0.1) is 0 Å². The Morgan fingerprint density at radius 1 is 0.560 bits per heavy atom. The highest BCUT2D eigenvalue weighted by molar-refractivity contribution is 5.95. The van der Waals surface area contributed by atoms with Gasteiger partial charge in [0.2, 0.25) is 47.3 Å². The van der Waals surface area contributed by atoms with Gasteiger partial charge in [0.15, 0.2) is 0 Å². The summed E-state index contributed by atoms with van der Waals surface area (Å²) in [6, 6.07) is 16.8. The zero-order chi connectivity index (χ0) is 54.1. The van der Waals surface area contributed by atoms with Crippen molar-refractivity contribution in [3.63, 3.8) is 0 Å². The lowest BCUT2D eigenvalue weighted by atomic mass is 9.85. The van der Waals surface area contributed by atoms with Gasteiger partial charge in [-0.2, -0.15) is 0 Å². The van der Waals surface area contributed by atoms with Crippen LogP contribution >= 0.6 is 0 Å². The van der Waals surface area contributed by atoms with Crippen LogP contribution in [0.2, 0.25) is 0 Å². The van der Waals surface area contributed by atoms with Crippen LogP contribution in [0, 0.1) is 5.41 Å². The Kier molecular flexibility index (Phi) is 18.5. The number of hydrogen-bond donors (Lipinski definition) is 8. The molecule has 3 aromatic rings. The van der Waals surface area contributed by atoms with Crippen LogP contribution in [-0.2, 0) is 64.0 Å². The number of likely N-dealkylation sites (tertiary alicyclic amines) is 2. The fourth-order valence-corrected chi connectivity index (χ4v) is 11.0. The number of rotatable bonds is 18. The van der Waals surface area contributed by atoms with Gasteiger partial charge in [-0.05, 0) is 125 Å². The van der Waals surface area contributed by atoms with E-state index in [1.165, 1.54) is 20.9 Å². The number of benzene rings is 3. The molecule has 0 radical (unpaired) electrons. The maximum atomic E-state index is 14.6. The smallest absolute Gasteiger partial charge is 0.246 e. The average molecular weight is 1030 g/mol. The molecule has 75 heavy (non-hydrogen) atoms. The summed E-state index contributed by atoms with van der Waals surface area (Å²) in [6.07, 6.45) is 5.42. The van der Waals surface area contributed by atoms with Crippen molar-refractivity contribution in [3.8, 4) is 0 Å². The van der Waals surface area contributed by atoms with E-state index in [1.807, 2.05) is 57.2 Å². The van der Waals surface area contributed by atoms with Crippen molar-refractivity contribution in [1.82, 2.24) is 52.3 Å². The van der Waals surface area contributed by atoms with Crippen molar-refractivity contribution >= 4 is 47.3 Å². The minimum atomic E-state index is -0.961. The molecule has 0 aromatic heterocycles. The number of fused-ring (bicyclic) bond motifs is 2. The molecule has 0 spiro atoms. The molecule has 18 heteroatoms. The first-order valence-electron chi connectivity index (χ1n) is 26.7. The topological polar surface area (TPSA) is 239 Å². The lowest BCUT2D eigenvalue weighted by Crippen LogP contribution is -2.59. The normalized spacial score (nSPS) is 22.8. The highest BCUT2D eigenvalue weighted by Gasteiger charge is 2.47. The van der Waals surface area contributed by atoms with Crippen LogP contribution in [0.15, 0.2) is 72.8 Å². The molecule has 2 fully saturated rings. The van der Waals surface area contributed by atoms with Gasteiger partial charge in [0.25, 0.3) is 0 Å². The molecule has 10 atom stereocenters. The Balaban J connectivity index is 1.00. The minimum Gasteiger partial charge on any atom is -0.351 e. The molecule has 2 heterocycles. The minimum absolute atomic E-state index is 0.0372. The van der Waals surface area contributed by atoms with E-state index in [9.17, 15) is 38.4 Å². The van der Waals surface area contributed by atoms with E-state index in [1.54, 1.807) is 59.1 Å². The van der Waals surface area contributed by atoms with Crippen molar-refractivity contribution in [3.05, 3.63) is 106 Å². The second kappa shape index (κ2) is 24.8. The molecule has 0 bridgehead atoms. The van der Waals surface area contributed by atoms with E-state index in [4.69, 9.17) is 0 Å². The van der Waals surface area contributed by atoms with Crippen molar-refractivity contribution in [1.29, 1.82) is 0 Å². The standard InChI is InChI=1S/C57H78N10O8/c1-33(58-7)51(70)60-35(3)55(74)66-31-40(29-46(66)53(72)63-44-24-14-20-38-18-9-11-22-42(38)44)61-48(68)27-36-16-13-17-37(26-36)28-49(69)62-41-30-47(54(73)64-45-25-15-21-39-19-10-12-23-43(39)45)67(32-41)56(75)50(57(4,5)6)65-52(71)34(2)59-8/h9-13,16-19,22-23,26,33-35,40-41,44-47,50,58-59H,14-15,20-21,24-25,27-32H2,1-8H3,(H,60,70)(H,61,68)(H,62,69)(H,63,72)(H,64,73)(H,65,71)/t33-,34-,35-,40-,41-,44+,45+,46-,47-,50+/m0/s1. The number of carbonyl (C=O) groups is 8. The quantitative estimate of drug-likeness (QED) is 0.0927.